The molecule has 2 aliphatic rings. The molecule has 368 valence electrons. The van der Waals surface area contributed by atoms with Crippen molar-refractivity contribution in [2.24, 2.45) is 0 Å². The van der Waals surface area contributed by atoms with Crippen LogP contribution >= 0.6 is 0 Å². The molecular weight excluding hydrogens is 829 g/mol. The summed E-state index contributed by atoms with van der Waals surface area (Å²) in [5.41, 5.74) is 0. The van der Waals surface area contributed by atoms with Gasteiger partial charge in [0.25, 0.3) is 0 Å². The van der Waals surface area contributed by atoms with E-state index >= 15 is 0 Å². The van der Waals surface area contributed by atoms with Crippen LogP contribution in [-0.2, 0) is 38.0 Å². The van der Waals surface area contributed by atoms with Crippen LogP contribution in [0.3, 0.4) is 0 Å². The zero-order valence-corrected chi connectivity index (χ0v) is 38.5. The van der Waals surface area contributed by atoms with Crippen LogP contribution in [0.2, 0.25) is 0 Å². The van der Waals surface area contributed by atoms with Gasteiger partial charge in [0.15, 0.2) is 18.7 Å². The first kappa shape index (κ1) is 57.3. The highest BCUT2D eigenvalue weighted by atomic mass is 16.7. The molecule has 4 unspecified atom stereocenters. The summed E-state index contributed by atoms with van der Waals surface area (Å²) < 4.78 is 33.4. The summed E-state index contributed by atoms with van der Waals surface area (Å²) in [5.74, 6) is -0.977. The van der Waals surface area contributed by atoms with E-state index in [9.17, 15) is 45.3 Å². The standard InChI is InChI=1S/C49H82O15/c1-3-5-7-9-11-13-15-17-18-20-21-23-25-27-29-31-40(51)59-34-37(62-41(52)32-30-28-26-24-22-19-16-14-12-10-8-6-4-2)35-60-48-47(58)45(56)43(54)39(64-48)36-61-49-46(57)44(55)42(53)38(33-50)63-49/h5,7,9,11,13,15,17-19,22,37-39,42-50,53-58H,3-4,6,8,10,12,14,16,20-21,23-36H2,1-2H3/b7-5+,11-9+,15-13+,18-17+,22-19+/t37-,38-,39-,42+,43+,44?,45?,46?,47?,48-,49-/m1/s1. The predicted octanol–water partition coefficient (Wildman–Crippen LogP) is 5.70. The molecule has 0 aromatic carbocycles. The van der Waals surface area contributed by atoms with Crippen molar-refractivity contribution in [1.82, 2.24) is 0 Å². The van der Waals surface area contributed by atoms with Crippen molar-refractivity contribution in [1.29, 1.82) is 0 Å². The molecular formula is C49H82O15. The number of esters is 2. The first-order chi connectivity index (χ1) is 31.0. The Hall–Kier alpha value is -2.80. The Labute approximate surface area is 381 Å². The first-order valence-electron chi connectivity index (χ1n) is 23.9. The fourth-order valence-electron chi connectivity index (χ4n) is 7.10. The number of carbonyl (C=O) groups excluding carboxylic acids is 2. The summed E-state index contributed by atoms with van der Waals surface area (Å²) in [7, 11) is 0. The highest BCUT2D eigenvalue weighted by molar-refractivity contribution is 5.70. The second-order valence-corrected chi connectivity index (χ2v) is 16.6. The molecule has 0 saturated carbocycles. The number of aliphatic hydroxyl groups is 7. The van der Waals surface area contributed by atoms with Gasteiger partial charge in [-0.3, -0.25) is 9.59 Å². The number of rotatable bonds is 35. The van der Waals surface area contributed by atoms with Crippen LogP contribution in [0.15, 0.2) is 60.8 Å². The molecule has 0 aromatic heterocycles. The van der Waals surface area contributed by atoms with E-state index < -0.39 is 99.3 Å². The average molecular weight is 911 g/mol. The minimum atomic E-state index is -1.77. The zero-order valence-electron chi connectivity index (χ0n) is 38.5. The lowest BCUT2D eigenvalue weighted by atomic mass is 9.98. The highest BCUT2D eigenvalue weighted by Gasteiger charge is 2.47. The van der Waals surface area contributed by atoms with Gasteiger partial charge in [-0.1, -0.05) is 132 Å². The van der Waals surface area contributed by atoms with E-state index in [4.69, 9.17) is 28.4 Å². The quantitative estimate of drug-likeness (QED) is 0.0175. The van der Waals surface area contributed by atoms with Gasteiger partial charge in [-0.15, -0.1) is 0 Å². The second-order valence-electron chi connectivity index (χ2n) is 16.6. The van der Waals surface area contributed by atoms with E-state index in [0.717, 1.165) is 64.2 Å². The van der Waals surface area contributed by atoms with E-state index in [0.29, 0.717) is 12.8 Å². The fourth-order valence-corrected chi connectivity index (χ4v) is 7.10. The molecule has 2 rings (SSSR count). The molecule has 0 aliphatic carbocycles. The SMILES string of the molecule is CC/C=C/C=C/C=C/C=C/CCCCCCCC(=O)OC[C@H](CO[C@@H]1O[C@H](CO[C@@H]2O[C@H](CO)[C@H](O)C(O)C2O)[C@H](O)C(O)C1O)OC(=O)CCCCC/C=C/CCCCCCCC. The molecule has 0 amide bonds. The van der Waals surface area contributed by atoms with Crippen molar-refractivity contribution < 1.29 is 73.8 Å². The average Bonchev–Trinajstić information content (AvgIpc) is 3.29. The first-order valence-corrected chi connectivity index (χ1v) is 23.9. The summed E-state index contributed by atoms with van der Waals surface area (Å²) in [6.07, 6.45) is 22.6. The molecule has 2 heterocycles. The predicted molar refractivity (Wildman–Crippen MR) is 243 cm³/mol. The van der Waals surface area contributed by atoms with Crippen molar-refractivity contribution in [3.8, 4) is 0 Å². The Morgan fingerprint density at radius 2 is 1.00 bits per heavy atom. The molecule has 2 saturated heterocycles. The molecule has 0 radical (unpaired) electrons. The topological polar surface area (TPSA) is 231 Å². The van der Waals surface area contributed by atoms with Crippen molar-refractivity contribution in [3.05, 3.63) is 60.8 Å². The van der Waals surface area contributed by atoms with E-state index in [1.54, 1.807) is 0 Å². The maximum atomic E-state index is 12.9. The van der Waals surface area contributed by atoms with Gasteiger partial charge in [-0.05, 0) is 57.8 Å². The zero-order chi connectivity index (χ0) is 46.8. The lowest BCUT2D eigenvalue weighted by molar-refractivity contribution is -0.332. The van der Waals surface area contributed by atoms with Crippen LogP contribution in [0.25, 0.3) is 0 Å². The lowest BCUT2D eigenvalue weighted by Gasteiger charge is -2.42. The van der Waals surface area contributed by atoms with Crippen molar-refractivity contribution >= 4 is 11.9 Å². The molecule has 2 fully saturated rings. The third-order valence-electron chi connectivity index (χ3n) is 11.1. The maximum absolute atomic E-state index is 12.9. The van der Waals surface area contributed by atoms with Crippen LogP contribution in [-0.4, -0.2) is 142 Å². The fraction of sp³-hybridized carbons (Fsp3) is 0.755. The van der Waals surface area contributed by atoms with Gasteiger partial charge in [-0.2, -0.15) is 0 Å². The lowest BCUT2D eigenvalue weighted by Crippen LogP contribution is -2.61. The van der Waals surface area contributed by atoms with Crippen molar-refractivity contribution in [2.45, 2.75) is 210 Å². The van der Waals surface area contributed by atoms with E-state index in [-0.39, 0.29) is 19.4 Å². The molecule has 2 aliphatic heterocycles. The largest absolute Gasteiger partial charge is 0.462 e. The number of unbranched alkanes of at least 4 members (excludes halogenated alkanes) is 14. The third-order valence-corrected chi connectivity index (χ3v) is 11.1. The van der Waals surface area contributed by atoms with Gasteiger partial charge < -0.3 is 64.2 Å². The van der Waals surface area contributed by atoms with Gasteiger partial charge in [0.1, 0.15) is 55.4 Å². The molecule has 11 atom stereocenters. The Morgan fingerprint density at radius 3 is 1.61 bits per heavy atom. The molecule has 15 nitrogen and oxygen atoms in total. The van der Waals surface area contributed by atoms with Crippen LogP contribution in [0, 0.1) is 0 Å². The van der Waals surface area contributed by atoms with Crippen LogP contribution in [0.4, 0.5) is 0 Å². The highest BCUT2D eigenvalue weighted by Crippen LogP contribution is 2.26. The van der Waals surface area contributed by atoms with Crippen molar-refractivity contribution in [3.63, 3.8) is 0 Å². The summed E-state index contributed by atoms with van der Waals surface area (Å²) in [4.78, 5) is 25.7. The van der Waals surface area contributed by atoms with Gasteiger partial charge in [0.05, 0.1) is 19.8 Å². The Morgan fingerprint density at radius 1 is 0.516 bits per heavy atom. The maximum Gasteiger partial charge on any atom is 0.306 e. The number of hydrogen-bond donors (Lipinski definition) is 7. The molecule has 0 bridgehead atoms. The third kappa shape index (κ3) is 24.6. The molecule has 0 aromatic rings. The number of carbonyl (C=O) groups is 2. The number of aliphatic hydroxyl groups excluding tert-OH is 7. The van der Waals surface area contributed by atoms with Gasteiger partial charge in [-0.25, -0.2) is 0 Å². The summed E-state index contributed by atoms with van der Waals surface area (Å²) in [6, 6.07) is 0. The van der Waals surface area contributed by atoms with Crippen LogP contribution in [0.1, 0.15) is 142 Å². The van der Waals surface area contributed by atoms with Crippen LogP contribution < -0.4 is 0 Å². The summed E-state index contributed by atoms with van der Waals surface area (Å²) in [5, 5.41) is 71.9. The molecule has 0 spiro atoms. The van der Waals surface area contributed by atoms with Gasteiger partial charge in [0.2, 0.25) is 0 Å². The van der Waals surface area contributed by atoms with E-state index in [1.165, 1.54) is 38.5 Å². The number of ether oxygens (including phenoxy) is 6. The smallest absolute Gasteiger partial charge is 0.306 e. The van der Waals surface area contributed by atoms with Crippen LogP contribution in [0.5, 0.6) is 0 Å². The minimum absolute atomic E-state index is 0.136. The molecule has 7 N–H and O–H groups in total. The molecule has 15 heteroatoms. The number of hydrogen-bond acceptors (Lipinski definition) is 15. The normalized spacial score (nSPS) is 27.1. The summed E-state index contributed by atoms with van der Waals surface area (Å²) >= 11 is 0. The second kappa shape index (κ2) is 36.3. The van der Waals surface area contributed by atoms with Gasteiger partial charge >= 0.3 is 11.9 Å². The Bertz CT molecular complexity index is 1350. The van der Waals surface area contributed by atoms with Crippen molar-refractivity contribution in [2.75, 3.05) is 26.4 Å². The van der Waals surface area contributed by atoms with E-state index in [2.05, 4.69) is 38.2 Å². The van der Waals surface area contributed by atoms with Gasteiger partial charge in [0, 0.05) is 12.8 Å². The molecule has 64 heavy (non-hydrogen) atoms. The Balaban J connectivity index is 1.86. The number of allylic oxidation sites excluding steroid dienone is 10. The van der Waals surface area contributed by atoms with E-state index in [1.807, 2.05) is 36.5 Å². The minimum Gasteiger partial charge on any atom is -0.462 e. The monoisotopic (exact) mass is 911 g/mol. The summed E-state index contributed by atoms with van der Waals surface area (Å²) in [6.45, 7) is 2.37. The Kier molecular flexibility index (Phi) is 32.5.